The van der Waals surface area contributed by atoms with Gasteiger partial charge in [0.05, 0.1) is 0 Å². The summed E-state index contributed by atoms with van der Waals surface area (Å²) >= 11 is 0. The molecule has 0 aliphatic heterocycles. The summed E-state index contributed by atoms with van der Waals surface area (Å²) < 4.78 is 0. The van der Waals surface area contributed by atoms with Gasteiger partial charge >= 0.3 is 6.03 Å². The summed E-state index contributed by atoms with van der Waals surface area (Å²) in [5.41, 5.74) is 0. The van der Waals surface area contributed by atoms with E-state index < -0.39 is 0 Å². The molecule has 15 heavy (non-hydrogen) atoms. The summed E-state index contributed by atoms with van der Waals surface area (Å²) in [5.74, 6) is 1.69. The summed E-state index contributed by atoms with van der Waals surface area (Å²) in [6.07, 6.45) is 8.93. The number of amides is 2. The van der Waals surface area contributed by atoms with E-state index >= 15 is 0 Å². The second-order valence-electron chi connectivity index (χ2n) is 5.53. The van der Waals surface area contributed by atoms with E-state index in [1.165, 1.54) is 44.9 Å². The van der Waals surface area contributed by atoms with Crippen molar-refractivity contribution in [3.05, 3.63) is 0 Å². The Morgan fingerprint density at radius 1 is 1.00 bits per heavy atom. The zero-order chi connectivity index (χ0) is 10.3. The van der Waals surface area contributed by atoms with Crippen molar-refractivity contribution >= 4 is 6.03 Å². The molecule has 0 aromatic heterocycles. The molecular formula is C12H20N2O. The Labute approximate surface area is 91.0 Å². The van der Waals surface area contributed by atoms with Gasteiger partial charge in [0, 0.05) is 12.1 Å². The fourth-order valence-electron chi connectivity index (χ4n) is 3.37. The van der Waals surface area contributed by atoms with E-state index in [1.54, 1.807) is 0 Å². The molecule has 0 aromatic carbocycles. The molecule has 0 saturated heterocycles. The number of urea groups is 1. The number of hydrogen-bond donors (Lipinski definition) is 2. The maximum absolute atomic E-state index is 11.7. The highest BCUT2D eigenvalue weighted by molar-refractivity contribution is 5.74. The van der Waals surface area contributed by atoms with Gasteiger partial charge in [0.1, 0.15) is 0 Å². The lowest BCUT2D eigenvalue weighted by atomic mass is 9.93. The van der Waals surface area contributed by atoms with Crippen LogP contribution in [0.5, 0.6) is 0 Å². The minimum Gasteiger partial charge on any atom is -0.335 e. The largest absolute Gasteiger partial charge is 0.335 e. The predicted molar refractivity (Wildman–Crippen MR) is 58.5 cm³/mol. The van der Waals surface area contributed by atoms with Crippen molar-refractivity contribution in [2.45, 2.75) is 57.0 Å². The smallest absolute Gasteiger partial charge is 0.315 e. The zero-order valence-electron chi connectivity index (χ0n) is 9.17. The first kappa shape index (κ1) is 9.49. The van der Waals surface area contributed by atoms with E-state index in [4.69, 9.17) is 0 Å². The molecule has 3 atom stereocenters. The van der Waals surface area contributed by atoms with Gasteiger partial charge in [-0.3, -0.25) is 0 Å². The third-order valence-corrected chi connectivity index (χ3v) is 4.49. The van der Waals surface area contributed by atoms with Crippen LogP contribution in [0, 0.1) is 11.8 Å². The van der Waals surface area contributed by atoms with Crippen LogP contribution in [-0.2, 0) is 0 Å². The van der Waals surface area contributed by atoms with Crippen molar-refractivity contribution in [3.8, 4) is 0 Å². The molecule has 3 aliphatic rings. The van der Waals surface area contributed by atoms with Crippen molar-refractivity contribution in [2.75, 3.05) is 0 Å². The Morgan fingerprint density at radius 2 is 1.87 bits per heavy atom. The van der Waals surface area contributed by atoms with E-state index in [-0.39, 0.29) is 6.03 Å². The second kappa shape index (κ2) is 3.69. The van der Waals surface area contributed by atoms with Crippen molar-refractivity contribution in [1.29, 1.82) is 0 Å². The topological polar surface area (TPSA) is 41.1 Å². The molecule has 0 aromatic rings. The van der Waals surface area contributed by atoms with Crippen LogP contribution >= 0.6 is 0 Å². The van der Waals surface area contributed by atoms with Gasteiger partial charge in [-0.25, -0.2) is 4.79 Å². The van der Waals surface area contributed by atoms with Crippen LogP contribution in [-0.4, -0.2) is 18.1 Å². The average Bonchev–Trinajstić information content (AvgIpc) is 2.72. The van der Waals surface area contributed by atoms with Gasteiger partial charge in [0.25, 0.3) is 0 Å². The molecule has 2 bridgehead atoms. The minimum absolute atomic E-state index is 0.0808. The quantitative estimate of drug-likeness (QED) is 0.716. The monoisotopic (exact) mass is 208 g/mol. The fourth-order valence-corrected chi connectivity index (χ4v) is 3.37. The molecule has 3 unspecified atom stereocenters. The van der Waals surface area contributed by atoms with Gasteiger partial charge < -0.3 is 10.6 Å². The highest BCUT2D eigenvalue weighted by Crippen LogP contribution is 2.44. The third kappa shape index (κ3) is 1.84. The number of nitrogens with one attached hydrogen (secondary N) is 2. The highest BCUT2D eigenvalue weighted by Gasteiger charge is 2.40. The van der Waals surface area contributed by atoms with E-state index in [1.807, 2.05) is 0 Å². The molecule has 84 valence electrons. The lowest BCUT2D eigenvalue weighted by Gasteiger charge is -2.29. The number of carbonyl (C=O) groups excluding carboxylic acids is 1. The van der Waals surface area contributed by atoms with Crippen LogP contribution in [0.25, 0.3) is 0 Å². The molecule has 2 amide bonds. The molecule has 3 nitrogen and oxygen atoms in total. The molecule has 3 saturated carbocycles. The molecule has 3 rings (SSSR count). The van der Waals surface area contributed by atoms with E-state index in [0.717, 1.165) is 11.8 Å². The van der Waals surface area contributed by atoms with Gasteiger partial charge in [-0.1, -0.05) is 6.42 Å². The van der Waals surface area contributed by atoms with Crippen molar-refractivity contribution < 1.29 is 4.79 Å². The van der Waals surface area contributed by atoms with Crippen LogP contribution in [0.3, 0.4) is 0 Å². The van der Waals surface area contributed by atoms with Gasteiger partial charge in [-0.2, -0.15) is 0 Å². The van der Waals surface area contributed by atoms with Gasteiger partial charge in [-0.15, -0.1) is 0 Å². The average molecular weight is 208 g/mol. The first-order chi connectivity index (χ1) is 7.31. The van der Waals surface area contributed by atoms with Crippen LogP contribution in [0.15, 0.2) is 0 Å². The van der Waals surface area contributed by atoms with Crippen molar-refractivity contribution in [1.82, 2.24) is 10.6 Å². The molecule has 0 spiro atoms. The summed E-state index contributed by atoms with van der Waals surface area (Å²) in [7, 11) is 0. The maximum Gasteiger partial charge on any atom is 0.315 e. The standard InChI is InChI=1S/C12H20N2O/c15-12(13-10-2-1-3-10)14-11-7-8-4-5-9(11)6-8/h8-11H,1-7H2,(H2,13,14,15). The number of carbonyl (C=O) groups is 1. The van der Waals surface area contributed by atoms with Crippen LogP contribution in [0.4, 0.5) is 4.79 Å². The molecule has 0 heterocycles. The van der Waals surface area contributed by atoms with Crippen molar-refractivity contribution in [2.24, 2.45) is 11.8 Å². The normalized spacial score (nSPS) is 38.8. The van der Waals surface area contributed by atoms with Gasteiger partial charge in [-0.05, 0) is 50.4 Å². The van der Waals surface area contributed by atoms with Crippen LogP contribution in [0.1, 0.15) is 44.9 Å². The van der Waals surface area contributed by atoms with Crippen LogP contribution < -0.4 is 10.6 Å². The van der Waals surface area contributed by atoms with Gasteiger partial charge in [0.15, 0.2) is 0 Å². The van der Waals surface area contributed by atoms with E-state index in [9.17, 15) is 4.79 Å². The number of rotatable bonds is 2. The van der Waals surface area contributed by atoms with Crippen molar-refractivity contribution in [3.63, 3.8) is 0 Å². The Hall–Kier alpha value is -0.730. The molecule has 3 heteroatoms. The first-order valence-corrected chi connectivity index (χ1v) is 6.38. The minimum atomic E-state index is 0.0808. The zero-order valence-corrected chi connectivity index (χ0v) is 9.17. The molecular weight excluding hydrogens is 188 g/mol. The second-order valence-corrected chi connectivity index (χ2v) is 5.53. The molecule has 3 aliphatic carbocycles. The SMILES string of the molecule is O=C(NC1CCC1)NC1CC2CCC1C2. The Kier molecular flexibility index (Phi) is 2.33. The van der Waals surface area contributed by atoms with Gasteiger partial charge in [0.2, 0.25) is 0 Å². The highest BCUT2D eigenvalue weighted by atomic mass is 16.2. The van der Waals surface area contributed by atoms with E-state index in [2.05, 4.69) is 10.6 Å². The summed E-state index contributed by atoms with van der Waals surface area (Å²) in [6.45, 7) is 0. The lowest BCUT2D eigenvalue weighted by molar-refractivity contribution is 0.219. The number of hydrogen-bond acceptors (Lipinski definition) is 1. The summed E-state index contributed by atoms with van der Waals surface area (Å²) in [6, 6.07) is 1.02. The Morgan fingerprint density at radius 3 is 2.40 bits per heavy atom. The fraction of sp³-hybridized carbons (Fsp3) is 0.917. The van der Waals surface area contributed by atoms with E-state index in [0.29, 0.717) is 12.1 Å². The molecule has 3 fully saturated rings. The molecule has 0 radical (unpaired) electrons. The third-order valence-electron chi connectivity index (χ3n) is 4.49. The Bertz CT molecular complexity index is 262. The maximum atomic E-state index is 11.7. The summed E-state index contributed by atoms with van der Waals surface area (Å²) in [4.78, 5) is 11.7. The lowest BCUT2D eigenvalue weighted by Crippen LogP contribution is -2.49. The number of fused-ring (bicyclic) bond motifs is 2. The molecule has 2 N–H and O–H groups in total. The first-order valence-electron chi connectivity index (χ1n) is 6.38. The predicted octanol–water partition coefficient (Wildman–Crippen LogP) is 2.03. The van der Waals surface area contributed by atoms with Crippen LogP contribution in [0.2, 0.25) is 0 Å². The summed E-state index contributed by atoms with van der Waals surface area (Å²) in [5, 5.41) is 6.21. The Balaban J connectivity index is 1.46.